The number of rotatable bonds is 3. The van der Waals surface area contributed by atoms with E-state index in [4.69, 9.17) is 5.11 Å². The Kier molecular flexibility index (Phi) is 4.09. The minimum Gasteiger partial charge on any atom is -0.384 e. The van der Waals surface area contributed by atoms with Crippen LogP contribution in [0.5, 0.6) is 0 Å². The molecule has 2 N–H and O–H groups in total. The molecule has 0 aromatic carbocycles. The van der Waals surface area contributed by atoms with Crippen molar-refractivity contribution in [2.75, 3.05) is 6.61 Å². The number of hydrogen-bond donors (Lipinski definition) is 2. The molecule has 1 heterocycles. The number of aliphatic hydroxyl groups excluding tert-OH is 1. The van der Waals surface area contributed by atoms with Crippen molar-refractivity contribution in [1.82, 2.24) is 5.32 Å². The Hall–Kier alpha value is -1.31. The van der Waals surface area contributed by atoms with Crippen LogP contribution in [0.4, 0.5) is 0 Å². The monoisotopic (exact) mass is 289 g/mol. The molecule has 2 aliphatic rings. The quantitative estimate of drug-likeness (QED) is 0.838. The van der Waals surface area contributed by atoms with Crippen molar-refractivity contribution in [3.05, 3.63) is 21.9 Å². The van der Waals surface area contributed by atoms with Gasteiger partial charge in [-0.25, -0.2) is 0 Å². The average molecular weight is 289 g/mol. The first-order valence-electron chi connectivity index (χ1n) is 7.25. The van der Waals surface area contributed by atoms with Crippen molar-refractivity contribution < 1.29 is 9.90 Å². The number of carbonyl (C=O) groups excluding carboxylic acids is 1. The highest BCUT2D eigenvalue weighted by molar-refractivity contribution is 7.10. The molecule has 3 nitrogen and oxygen atoms in total. The van der Waals surface area contributed by atoms with Gasteiger partial charge in [0, 0.05) is 16.4 Å². The summed E-state index contributed by atoms with van der Waals surface area (Å²) in [5, 5.41) is 13.8. The zero-order chi connectivity index (χ0) is 13.9. The molecule has 0 saturated heterocycles. The zero-order valence-corrected chi connectivity index (χ0v) is 12.2. The molecule has 0 bridgehead atoms. The van der Waals surface area contributed by atoms with Crippen molar-refractivity contribution >= 4 is 17.2 Å². The highest BCUT2D eigenvalue weighted by Gasteiger charge is 2.54. The number of fused-ring (bicyclic) bond motifs is 1. The van der Waals surface area contributed by atoms with E-state index < -0.39 is 0 Å². The molecular formula is C16H19NO2S. The van der Waals surface area contributed by atoms with Crippen LogP contribution < -0.4 is 5.32 Å². The summed E-state index contributed by atoms with van der Waals surface area (Å²) in [5.74, 6) is 7.37. The van der Waals surface area contributed by atoms with Crippen LogP contribution in [0.3, 0.4) is 0 Å². The van der Waals surface area contributed by atoms with Gasteiger partial charge < -0.3 is 10.4 Å². The molecule has 2 atom stereocenters. The van der Waals surface area contributed by atoms with Crippen molar-refractivity contribution in [2.24, 2.45) is 17.8 Å². The first kappa shape index (κ1) is 13.7. The van der Waals surface area contributed by atoms with Gasteiger partial charge in [0.1, 0.15) is 6.61 Å². The second kappa shape index (κ2) is 5.99. The summed E-state index contributed by atoms with van der Waals surface area (Å²) in [6.45, 7) is 0.426. The van der Waals surface area contributed by atoms with Gasteiger partial charge in [0.05, 0.1) is 6.54 Å². The Morgan fingerprint density at radius 1 is 1.40 bits per heavy atom. The lowest BCUT2D eigenvalue weighted by Gasteiger charge is -2.04. The molecule has 3 rings (SSSR count). The highest BCUT2D eigenvalue weighted by Crippen LogP contribution is 2.55. The maximum Gasteiger partial charge on any atom is 0.223 e. The summed E-state index contributed by atoms with van der Waals surface area (Å²) in [4.78, 5) is 13.3. The molecule has 2 saturated carbocycles. The topological polar surface area (TPSA) is 49.3 Å². The van der Waals surface area contributed by atoms with Crippen LogP contribution in [0.15, 0.2) is 11.4 Å². The minimum absolute atomic E-state index is 0.132. The van der Waals surface area contributed by atoms with Crippen LogP contribution in [-0.2, 0) is 11.3 Å². The van der Waals surface area contributed by atoms with E-state index in [2.05, 4.69) is 17.2 Å². The molecule has 0 aliphatic heterocycles. The van der Waals surface area contributed by atoms with E-state index in [9.17, 15) is 4.79 Å². The fourth-order valence-electron chi connectivity index (χ4n) is 3.39. The molecule has 106 valence electrons. The Labute approximate surface area is 123 Å². The van der Waals surface area contributed by atoms with E-state index in [1.54, 1.807) is 11.3 Å². The van der Waals surface area contributed by atoms with Gasteiger partial charge in [-0.3, -0.25) is 4.79 Å². The molecule has 4 heteroatoms. The number of carbonyl (C=O) groups is 1. The first-order valence-corrected chi connectivity index (χ1v) is 8.13. The fourth-order valence-corrected chi connectivity index (χ4v) is 4.16. The third-order valence-corrected chi connectivity index (χ3v) is 5.35. The van der Waals surface area contributed by atoms with Crippen molar-refractivity contribution in [1.29, 1.82) is 0 Å². The molecule has 0 radical (unpaired) electrons. The zero-order valence-electron chi connectivity index (χ0n) is 11.4. The van der Waals surface area contributed by atoms with E-state index >= 15 is 0 Å². The Balaban J connectivity index is 1.55. The van der Waals surface area contributed by atoms with E-state index in [1.807, 2.05) is 11.4 Å². The van der Waals surface area contributed by atoms with Crippen LogP contribution in [0.25, 0.3) is 0 Å². The third-order valence-electron chi connectivity index (χ3n) is 4.43. The summed E-state index contributed by atoms with van der Waals surface area (Å²) in [6.07, 6.45) is 5.04. The number of thiophene rings is 1. The molecule has 2 unspecified atom stereocenters. The lowest BCUT2D eigenvalue weighted by Crippen LogP contribution is -2.25. The van der Waals surface area contributed by atoms with Crippen LogP contribution in [0, 0.1) is 29.6 Å². The van der Waals surface area contributed by atoms with E-state index in [0.717, 1.165) is 10.4 Å². The minimum atomic E-state index is -0.132. The summed E-state index contributed by atoms with van der Waals surface area (Å²) in [6, 6.07) is 1.94. The summed E-state index contributed by atoms with van der Waals surface area (Å²) in [7, 11) is 0. The van der Waals surface area contributed by atoms with Crippen molar-refractivity contribution in [2.45, 2.75) is 32.2 Å². The molecule has 1 aromatic heterocycles. The first-order chi connectivity index (χ1) is 9.81. The maximum atomic E-state index is 12.2. The number of nitrogens with one attached hydrogen (secondary N) is 1. The standard InChI is InChI=1S/C16H19NO2S/c18-8-3-4-11-7-9-20-14(11)10-17-16(19)15-12-5-1-2-6-13(12)15/h7,9,12-13,15,18H,1-2,5-6,8,10H2,(H,17,19). The van der Waals surface area contributed by atoms with Gasteiger partial charge >= 0.3 is 0 Å². The third kappa shape index (κ3) is 2.74. The van der Waals surface area contributed by atoms with Gasteiger partial charge in [-0.15, -0.1) is 11.3 Å². The van der Waals surface area contributed by atoms with E-state index in [1.165, 1.54) is 25.7 Å². The lowest BCUT2D eigenvalue weighted by molar-refractivity contribution is -0.123. The van der Waals surface area contributed by atoms with Gasteiger partial charge in [0.15, 0.2) is 0 Å². The largest absolute Gasteiger partial charge is 0.384 e. The maximum absolute atomic E-state index is 12.2. The second-order valence-corrected chi connectivity index (χ2v) is 6.57. The molecule has 0 spiro atoms. The van der Waals surface area contributed by atoms with Crippen LogP contribution >= 0.6 is 11.3 Å². The van der Waals surface area contributed by atoms with Crippen LogP contribution in [0.1, 0.15) is 36.1 Å². The van der Waals surface area contributed by atoms with E-state index in [-0.39, 0.29) is 18.4 Å². The smallest absolute Gasteiger partial charge is 0.223 e. The molecule has 1 aromatic rings. The Morgan fingerprint density at radius 3 is 2.85 bits per heavy atom. The molecule has 2 fully saturated rings. The molecule has 1 amide bonds. The van der Waals surface area contributed by atoms with E-state index in [0.29, 0.717) is 18.4 Å². The molecule has 20 heavy (non-hydrogen) atoms. The van der Waals surface area contributed by atoms with Gasteiger partial charge in [-0.1, -0.05) is 24.7 Å². The predicted molar refractivity (Wildman–Crippen MR) is 79.1 cm³/mol. The fraction of sp³-hybridized carbons (Fsp3) is 0.562. The van der Waals surface area contributed by atoms with Gasteiger partial charge in [-0.2, -0.15) is 0 Å². The second-order valence-electron chi connectivity index (χ2n) is 5.57. The number of amides is 1. The summed E-state index contributed by atoms with van der Waals surface area (Å²) < 4.78 is 0. The Morgan fingerprint density at radius 2 is 2.15 bits per heavy atom. The average Bonchev–Trinajstić information content (AvgIpc) is 3.04. The summed E-state index contributed by atoms with van der Waals surface area (Å²) in [5.41, 5.74) is 0.914. The Bertz CT molecular complexity index is 542. The number of hydrogen-bond acceptors (Lipinski definition) is 3. The molecular weight excluding hydrogens is 270 g/mol. The van der Waals surface area contributed by atoms with Gasteiger partial charge in [0.25, 0.3) is 0 Å². The van der Waals surface area contributed by atoms with Gasteiger partial charge in [-0.05, 0) is 36.1 Å². The highest BCUT2D eigenvalue weighted by atomic mass is 32.1. The lowest BCUT2D eigenvalue weighted by atomic mass is 10.0. The summed E-state index contributed by atoms with van der Waals surface area (Å²) >= 11 is 1.60. The van der Waals surface area contributed by atoms with Gasteiger partial charge in [0.2, 0.25) is 5.91 Å². The van der Waals surface area contributed by atoms with Crippen molar-refractivity contribution in [3.8, 4) is 11.8 Å². The molecule has 2 aliphatic carbocycles. The predicted octanol–water partition coefficient (Wildman–Crippen LogP) is 2.14. The number of aliphatic hydroxyl groups is 1. The van der Waals surface area contributed by atoms with Crippen LogP contribution in [0.2, 0.25) is 0 Å². The van der Waals surface area contributed by atoms with Crippen molar-refractivity contribution in [3.63, 3.8) is 0 Å². The van der Waals surface area contributed by atoms with Crippen LogP contribution in [-0.4, -0.2) is 17.6 Å². The SMILES string of the molecule is O=C(NCc1sccc1C#CCO)C1C2CCCCC21. The normalized spacial score (nSPS) is 27.1.